The minimum Gasteiger partial charge on any atom is -0.462 e. The third kappa shape index (κ3) is 4.01. The number of anilines is 4. The molecule has 0 unspecified atom stereocenters. The molecule has 0 bridgehead atoms. The number of amides is 2. The second-order valence-electron chi connectivity index (χ2n) is 7.10. The summed E-state index contributed by atoms with van der Waals surface area (Å²) in [5.41, 5.74) is 10.1. The van der Waals surface area contributed by atoms with Crippen LogP contribution in [0.25, 0.3) is 0 Å². The van der Waals surface area contributed by atoms with Gasteiger partial charge in [0, 0.05) is 20.5 Å². The number of nitrogens with zero attached hydrogens (tertiary/aromatic N) is 1. The molecule has 4 N–H and O–H groups in total. The molecule has 1 aliphatic heterocycles. The third-order valence-corrected chi connectivity index (χ3v) is 6.31. The predicted octanol–water partition coefficient (Wildman–Crippen LogP) is 4.61. The van der Waals surface area contributed by atoms with E-state index < -0.39 is 0 Å². The summed E-state index contributed by atoms with van der Waals surface area (Å²) in [6, 6.07) is 5.21. The zero-order valence-corrected chi connectivity index (χ0v) is 17.4. The normalized spacial score (nSPS) is 15.0. The number of hydrogen-bond donors (Lipinski definition) is 4. The van der Waals surface area contributed by atoms with Gasteiger partial charge >= 0.3 is 12.0 Å². The molecule has 0 radical (unpaired) electrons. The number of esters is 1. The molecule has 0 spiro atoms. The lowest BCUT2D eigenvalue weighted by atomic mass is 10.1. The Bertz CT molecular complexity index is 953. The predicted molar refractivity (Wildman–Crippen MR) is 120 cm³/mol. The van der Waals surface area contributed by atoms with Crippen molar-refractivity contribution in [3.8, 4) is 0 Å². The molecule has 0 atom stereocenters. The van der Waals surface area contributed by atoms with Crippen molar-refractivity contribution in [1.29, 1.82) is 0 Å². The van der Waals surface area contributed by atoms with Crippen molar-refractivity contribution in [1.82, 2.24) is 5.53 Å². The first-order valence-corrected chi connectivity index (χ1v) is 10.7. The number of hydrogen-bond acceptors (Lipinski definition) is 7. The molecule has 158 valence electrons. The Balaban J connectivity index is 0.00000171. The Kier molecular flexibility index (Phi) is 5.59. The lowest BCUT2D eigenvalue weighted by Crippen LogP contribution is -2.31. The summed E-state index contributed by atoms with van der Waals surface area (Å²) in [5, 5.41) is 8.13. The van der Waals surface area contributed by atoms with Gasteiger partial charge in [-0.15, -0.1) is 16.9 Å². The standard InChI is InChI=1S/C20H25N5O3S.2H2/c1-3-28-19(26)17-13-7-5-4-6-8-16(13)29-18(17)22-20(27)21-12-9-10-15-14(11-12)23-24-25(15)2;;/h9-11,23-24H,3-8H2,1-2H3,(H2,21,22,27);2*1H. The quantitative estimate of drug-likeness (QED) is 0.427. The van der Waals surface area contributed by atoms with Crippen molar-refractivity contribution in [3.05, 3.63) is 34.2 Å². The highest BCUT2D eigenvalue weighted by Crippen LogP contribution is 2.38. The molecular formula is C20H29N5O3S. The van der Waals surface area contributed by atoms with Crippen LogP contribution in [0.3, 0.4) is 0 Å². The number of carbonyl (C=O) groups is 2. The maximum absolute atomic E-state index is 12.6. The number of thiophene rings is 1. The molecule has 2 heterocycles. The van der Waals surface area contributed by atoms with Crippen molar-refractivity contribution in [2.75, 3.05) is 34.7 Å². The molecule has 0 saturated carbocycles. The van der Waals surface area contributed by atoms with Gasteiger partial charge in [-0.1, -0.05) is 6.42 Å². The van der Waals surface area contributed by atoms with Gasteiger partial charge in [0.25, 0.3) is 0 Å². The number of carbonyl (C=O) groups excluding carboxylic acids is 2. The molecule has 2 amide bonds. The molecule has 29 heavy (non-hydrogen) atoms. The van der Waals surface area contributed by atoms with Crippen molar-refractivity contribution in [2.45, 2.75) is 39.0 Å². The Morgan fingerprint density at radius 2 is 2.07 bits per heavy atom. The summed E-state index contributed by atoms with van der Waals surface area (Å²) in [5.74, 6) is -0.363. The van der Waals surface area contributed by atoms with Gasteiger partial charge in [0.15, 0.2) is 0 Å². The third-order valence-electron chi connectivity index (χ3n) is 5.10. The fourth-order valence-corrected chi connectivity index (χ4v) is 5.00. The second kappa shape index (κ2) is 8.30. The van der Waals surface area contributed by atoms with Gasteiger partial charge in [0.05, 0.1) is 23.5 Å². The Morgan fingerprint density at radius 1 is 1.24 bits per heavy atom. The van der Waals surface area contributed by atoms with E-state index in [-0.39, 0.29) is 14.9 Å². The monoisotopic (exact) mass is 419 g/mol. The van der Waals surface area contributed by atoms with Crippen LogP contribution in [-0.2, 0) is 17.6 Å². The number of urea groups is 1. The van der Waals surface area contributed by atoms with E-state index in [0.29, 0.717) is 22.9 Å². The number of aryl methyl sites for hydroxylation is 1. The summed E-state index contributed by atoms with van der Waals surface area (Å²) in [7, 11) is 1.90. The zero-order chi connectivity index (χ0) is 20.4. The maximum atomic E-state index is 12.6. The molecule has 4 rings (SSSR count). The number of benzene rings is 1. The van der Waals surface area contributed by atoms with Gasteiger partial charge in [-0.25, -0.2) is 9.59 Å². The number of rotatable bonds is 4. The van der Waals surface area contributed by atoms with Crippen LogP contribution in [0.15, 0.2) is 18.2 Å². The number of hydrazine groups is 2. The van der Waals surface area contributed by atoms with E-state index in [2.05, 4.69) is 21.6 Å². The fraction of sp³-hybridized carbons (Fsp3) is 0.400. The summed E-state index contributed by atoms with van der Waals surface area (Å²) >= 11 is 1.49. The molecule has 2 aliphatic rings. The SMILES string of the molecule is CCOC(=O)c1c(NC(=O)Nc2ccc3c(c2)NNN3C)sc2c1CCCCC2.[HH].[HH]. The number of fused-ring (bicyclic) bond motifs is 2. The van der Waals surface area contributed by atoms with E-state index in [1.165, 1.54) is 16.2 Å². The molecule has 0 fully saturated rings. The molecule has 1 aromatic carbocycles. The first kappa shape index (κ1) is 19.5. The van der Waals surface area contributed by atoms with Gasteiger partial charge < -0.3 is 15.5 Å². The first-order valence-electron chi connectivity index (χ1n) is 9.86. The molecule has 1 aliphatic carbocycles. The van der Waals surface area contributed by atoms with E-state index in [4.69, 9.17) is 4.74 Å². The van der Waals surface area contributed by atoms with E-state index in [9.17, 15) is 9.59 Å². The van der Waals surface area contributed by atoms with E-state index in [1.54, 1.807) is 6.92 Å². The Labute approximate surface area is 176 Å². The van der Waals surface area contributed by atoms with Gasteiger partial charge in [-0.05, 0) is 56.4 Å². The average molecular weight is 420 g/mol. The van der Waals surface area contributed by atoms with Gasteiger partial charge in [-0.3, -0.25) is 10.3 Å². The highest BCUT2D eigenvalue weighted by molar-refractivity contribution is 7.17. The van der Waals surface area contributed by atoms with Crippen LogP contribution < -0.4 is 26.6 Å². The minimum atomic E-state index is -0.383. The maximum Gasteiger partial charge on any atom is 0.341 e. The van der Waals surface area contributed by atoms with Crippen LogP contribution in [0, 0.1) is 0 Å². The average Bonchev–Trinajstić information content (AvgIpc) is 3.13. The van der Waals surface area contributed by atoms with E-state index in [1.807, 2.05) is 30.3 Å². The van der Waals surface area contributed by atoms with Crippen molar-refractivity contribution in [3.63, 3.8) is 0 Å². The second-order valence-corrected chi connectivity index (χ2v) is 8.20. The Morgan fingerprint density at radius 3 is 2.90 bits per heavy atom. The van der Waals surface area contributed by atoms with Crippen molar-refractivity contribution >= 4 is 45.4 Å². The van der Waals surface area contributed by atoms with Crippen LogP contribution in [0.1, 0.15) is 49.8 Å². The van der Waals surface area contributed by atoms with Crippen LogP contribution in [0.2, 0.25) is 0 Å². The molecule has 9 heteroatoms. The lowest BCUT2D eigenvalue weighted by Gasteiger charge is -2.11. The topological polar surface area (TPSA) is 94.7 Å². The smallest absolute Gasteiger partial charge is 0.341 e. The van der Waals surface area contributed by atoms with Crippen LogP contribution in [0.5, 0.6) is 0 Å². The van der Waals surface area contributed by atoms with Crippen molar-refractivity contribution < 1.29 is 17.2 Å². The number of ether oxygens (including phenoxy) is 1. The van der Waals surface area contributed by atoms with Gasteiger partial charge in [0.1, 0.15) is 5.00 Å². The first-order chi connectivity index (χ1) is 14.1. The minimum absolute atomic E-state index is 0. The fourth-order valence-electron chi connectivity index (χ4n) is 3.73. The van der Waals surface area contributed by atoms with Crippen LogP contribution in [-0.4, -0.2) is 25.7 Å². The lowest BCUT2D eigenvalue weighted by molar-refractivity contribution is 0.0527. The van der Waals surface area contributed by atoms with Gasteiger partial charge in [-0.2, -0.15) is 0 Å². The van der Waals surface area contributed by atoms with E-state index >= 15 is 0 Å². The Hall–Kier alpha value is -2.78. The summed E-state index contributed by atoms with van der Waals surface area (Å²) < 4.78 is 5.27. The molecule has 1 aromatic heterocycles. The summed E-state index contributed by atoms with van der Waals surface area (Å²) in [6.07, 6.45) is 5.09. The largest absolute Gasteiger partial charge is 0.462 e. The number of nitrogens with one attached hydrogen (secondary N) is 4. The van der Waals surface area contributed by atoms with Crippen LogP contribution >= 0.6 is 11.3 Å². The molecule has 8 nitrogen and oxygen atoms in total. The highest BCUT2D eigenvalue weighted by atomic mass is 32.1. The molecule has 2 aromatic rings. The van der Waals surface area contributed by atoms with Gasteiger partial charge in [0.2, 0.25) is 0 Å². The zero-order valence-electron chi connectivity index (χ0n) is 16.6. The van der Waals surface area contributed by atoms with Crippen molar-refractivity contribution in [2.24, 2.45) is 0 Å². The highest BCUT2D eigenvalue weighted by Gasteiger charge is 2.26. The molecule has 0 saturated heterocycles. The summed E-state index contributed by atoms with van der Waals surface area (Å²) in [6.45, 7) is 2.09. The summed E-state index contributed by atoms with van der Waals surface area (Å²) in [4.78, 5) is 26.4. The van der Waals surface area contributed by atoms with Crippen LogP contribution in [0.4, 0.5) is 26.9 Å². The molecular weight excluding hydrogens is 390 g/mol. The van der Waals surface area contributed by atoms with E-state index in [0.717, 1.165) is 49.0 Å².